The van der Waals surface area contributed by atoms with Gasteiger partial charge in [0.05, 0.1) is 0 Å². The lowest BCUT2D eigenvalue weighted by Gasteiger charge is -2.11. The largest absolute Gasteiger partial charge is 0.340 e. The Balaban J connectivity index is 1.43. The molecule has 4 rings (SSSR count). The summed E-state index contributed by atoms with van der Waals surface area (Å²) in [5, 5.41) is 9.38. The minimum atomic E-state index is -0.179. The van der Waals surface area contributed by atoms with Crippen molar-refractivity contribution in [2.45, 2.75) is 13.8 Å². The first kappa shape index (κ1) is 20.0. The number of nitrogens with one attached hydrogen (secondary N) is 3. The molecular weight excluding hydrogens is 388 g/mol. The number of benzene rings is 2. The van der Waals surface area contributed by atoms with Crippen LogP contribution in [0.5, 0.6) is 0 Å². The van der Waals surface area contributed by atoms with Gasteiger partial charge in [0, 0.05) is 46.8 Å². The van der Waals surface area contributed by atoms with Crippen molar-refractivity contribution in [3.8, 4) is 0 Å². The lowest BCUT2D eigenvalue weighted by Crippen LogP contribution is -2.11. The molecule has 0 radical (unpaired) electrons. The summed E-state index contributed by atoms with van der Waals surface area (Å²) < 4.78 is 0. The van der Waals surface area contributed by atoms with Crippen molar-refractivity contribution < 1.29 is 4.79 Å². The maximum absolute atomic E-state index is 12.3. The molecule has 2 heterocycles. The second kappa shape index (κ2) is 9.04. The first-order valence-corrected chi connectivity index (χ1v) is 9.83. The predicted molar refractivity (Wildman–Crippen MR) is 123 cm³/mol. The molecule has 0 spiro atoms. The van der Waals surface area contributed by atoms with E-state index < -0.39 is 0 Å². The van der Waals surface area contributed by atoms with Gasteiger partial charge in [0.15, 0.2) is 0 Å². The van der Waals surface area contributed by atoms with Crippen LogP contribution in [0, 0.1) is 13.8 Å². The Morgan fingerprint density at radius 3 is 2.06 bits per heavy atom. The molecule has 0 aliphatic rings. The highest BCUT2D eigenvalue weighted by Crippen LogP contribution is 2.21. The minimum Gasteiger partial charge on any atom is -0.340 e. The number of carbonyl (C=O) groups excluding carboxylic acids is 1. The summed E-state index contributed by atoms with van der Waals surface area (Å²) in [6, 6.07) is 20.7. The molecule has 2 aromatic heterocycles. The van der Waals surface area contributed by atoms with Crippen molar-refractivity contribution in [3.63, 3.8) is 0 Å². The molecule has 2 aromatic carbocycles. The highest BCUT2D eigenvalue weighted by molar-refractivity contribution is 6.04. The van der Waals surface area contributed by atoms with Crippen LogP contribution >= 0.6 is 0 Å². The first-order valence-electron chi connectivity index (χ1n) is 9.83. The van der Waals surface area contributed by atoms with E-state index >= 15 is 0 Å². The van der Waals surface area contributed by atoms with Crippen LogP contribution in [0.3, 0.4) is 0 Å². The van der Waals surface area contributed by atoms with Gasteiger partial charge in [-0.3, -0.25) is 9.78 Å². The number of carbonyl (C=O) groups is 1. The van der Waals surface area contributed by atoms with Gasteiger partial charge in [-0.25, -0.2) is 4.98 Å². The molecule has 4 aromatic rings. The average Bonchev–Trinajstić information content (AvgIpc) is 2.77. The summed E-state index contributed by atoms with van der Waals surface area (Å²) in [5.74, 6) is 1.02. The number of anilines is 5. The van der Waals surface area contributed by atoms with Gasteiger partial charge >= 0.3 is 0 Å². The van der Waals surface area contributed by atoms with Crippen molar-refractivity contribution in [1.29, 1.82) is 0 Å². The second-order valence-electron chi connectivity index (χ2n) is 7.10. The normalized spacial score (nSPS) is 10.4. The van der Waals surface area contributed by atoms with Crippen LogP contribution in [0.15, 0.2) is 79.1 Å². The highest BCUT2D eigenvalue weighted by atomic mass is 16.1. The Labute approximate surface area is 180 Å². The van der Waals surface area contributed by atoms with Gasteiger partial charge in [0.1, 0.15) is 5.82 Å². The maximum atomic E-state index is 12.3. The number of hydrogen-bond acceptors (Lipinski definition) is 6. The molecule has 0 saturated carbocycles. The fourth-order valence-electron chi connectivity index (χ4n) is 2.95. The molecule has 31 heavy (non-hydrogen) atoms. The monoisotopic (exact) mass is 410 g/mol. The lowest BCUT2D eigenvalue weighted by atomic mass is 10.2. The number of hydrogen-bond donors (Lipinski definition) is 3. The smallest absolute Gasteiger partial charge is 0.255 e. The van der Waals surface area contributed by atoms with E-state index in [1.54, 1.807) is 24.5 Å². The van der Waals surface area contributed by atoms with Gasteiger partial charge < -0.3 is 16.0 Å². The third-order valence-electron chi connectivity index (χ3n) is 4.52. The second-order valence-corrected chi connectivity index (χ2v) is 7.10. The van der Waals surface area contributed by atoms with E-state index in [0.29, 0.717) is 23.0 Å². The Kier molecular flexibility index (Phi) is 5.84. The zero-order valence-corrected chi connectivity index (χ0v) is 17.3. The summed E-state index contributed by atoms with van der Waals surface area (Å²) in [5.41, 5.74) is 5.07. The van der Waals surface area contributed by atoms with E-state index in [1.807, 2.05) is 68.4 Å². The van der Waals surface area contributed by atoms with Gasteiger partial charge in [-0.15, -0.1) is 0 Å². The van der Waals surface area contributed by atoms with Crippen molar-refractivity contribution >= 4 is 34.7 Å². The number of aryl methyl sites for hydroxylation is 2. The lowest BCUT2D eigenvalue weighted by molar-refractivity contribution is 0.102. The molecule has 0 bridgehead atoms. The van der Waals surface area contributed by atoms with Crippen LogP contribution in [0.2, 0.25) is 0 Å². The molecular formula is C24H22N6O. The highest BCUT2D eigenvalue weighted by Gasteiger charge is 2.07. The molecule has 1 amide bonds. The van der Waals surface area contributed by atoms with Crippen LogP contribution in [-0.2, 0) is 0 Å². The first-order chi connectivity index (χ1) is 15.0. The molecule has 0 unspecified atom stereocenters. The Morgan fingerprint density at radius 2 is 1.35 bits per heavy atom. The third kappa shape index (κ3) is 5.42. The summed E-state index contributed by atoms with van der Waals surface area (Å²) in [7, 11) is 0. The van der Waals surface area contributed by atoms with Gasteiger partial charge in [0.25, 0.3) is 5.91 Å². The molecule has 3 N–H and O–H groups in total. The Bertz CT molecular complexity index is 1180. The number of aromatic nitrogens is 3. The van der Waals surface area contributed by atoms with E-state index in [4.69, 9.17) is 0 Å². The van der Waals surface area contributed by atoms with Crippen molar-refractivity contribution in [1.82, 2.24) is 15.0 Å². The van der Waals surface area contributed by atoms with E-state index in [1.165, 1.54) is 5.56 Å². The number of pyridine rings is 1. The maximum Gasteiger partial charge on any atom is 0.255 e. The van der Waals surface area contributed by atoms with Gasteiger partial charge in [-0.2, -0.15) is 4.98 Å². The fraction of sp³-hybridized carbons (Fsp3) is 0.0833. The number of nitrogens with zero attached hydrogens (tertiary/aromatic N) is 3. The van der Waals surface area contributed by atoms with Crippen LogP contribution in [0.25, 0.3) is 0 Å². The summed E-state index contributed by atoms with van der Waals surface area (Å²) >= 11 is 0. The quantitative estimate of drug-likeness (QED) is 0.403. The molecule has 0 fully saturated rings. The Morgan fingerprint density at radius 1 is 0.742 bits per heavy atom. The molecule has 0 aliphatic heterocycles. The molecule has 7 nitrogen and oxygen atoms in total. The SMILES string of the molecule is Cc1ccc(Nc2nc(C)cc(Nc3ccc(NC(=O)c4ccncc4)cc3)n2)cc1. The molecule has 0 saturated heterocycles. The van der Waals surface area contributed by atoms with Crippen LogP contribution in [0.4, 0.5) is 28.8 Å². The third-order valence-corrected chi connectivity index (χ3v) is 4.52. The number of amides is 1. The van der Waals surface area contributed by atoms with Crippen molar-refractivity contribution in [2.75, 3.05) is 16.0 Å². The van der Waals surface area contributed by atoms with Crippen LogP contribution in [-0.4, -0.2) is 20.9 Å². The van der Waals surface area contributed by atoms with Gasteiger partial charge in [-0.05, 0) is 62.4 Å². The summed E-state index contributed by atoms with van der Waals surface area (Å²) in [6.07, 6.45) is 3.18. The number of rotatable bonds is 6. The van der Waals surface area contributed by atoms with E-state index in [-0.39, 0.29) is 5.91 Å². The zero-order valence-electron chi connectivity index (χ0n) is 17.3. The molecule has 154 valence electrons. The molecule has 0 aliphatic carbocycles. The zero-order chi connectivity index (χ0) is 21.6. The van der Waals surface area contributed by atoms with Crippen molar-refractivity contribution in [3.05, 3.63) is 95.9 Å². The van der Waals surface area contributed by atoms with Gasteiger partial charge in [0.2, 0.25) is 5.95 Å². The van der Waals surface area contributed by atoms with Crippen molar-refractivity contribution in [2.24, 2.45) is 0 Å². The van der Waals surface area contributed by atoms with Gasteiger partial charge in [-0.1, -0.05) is 17.7 Å². The standard InChI is InChI=1S/C24H22N6O/c1-16-3-5-21(6-4-16)29-24-26-17(2)15-22(30-24)27-19-7-9-20(10-8-19)28-23(31)18-11-13-25-14-12-18/h3-15H,1-2H3,(H,28,31)(H2,26,27,29,30). The average molecular weight is 410 g/mol. The summed E-state index contributed by atoms with van der Waals surface area (Å²) in [4.78, 5) is 25.2. The van der Waals surface area contributed by atoms with Crippen LogP contribution in [0.1, 0.15) is 21.6 Å². The predicted octanol–water partition coefficient (Wildman–Crippen LogP) is 5.23. The Hall–Kier alpha value is -4.26. The van der Waals surface area contributed by atoms with E-state index in [9.17, 15) is 4.79 Å². The topological polar surface area (TPSA) is 91.8 Å². The summed E-state index contributed by atoms with van der Waals surface area (Å²) in [6.45, 7) is 3.97. The van der Waals surface area contributed by atoms with Crippen LogP contribution < -0.4 is 16.0 Å². The molecule has 0 atom stereocenters. The van der Waals surface area contributed by atoms with E-state index in [0.717, 1.165) is 17.1 Å². The van der Waals surface area contributed by atoms with E-state index in [2.05, 4.69) is 30.9 Å². The minimum absolute atomic E-state index is 0.179. The fourth-order valence-corrected chi connectivity index (χ4v) is 2.95. The molecule has 7 heteroatoms.